The van der Waals surface area contributed by atoms with Crippen molar-refractivity contribution in [3.8, 4) is 0 Å². The molecule has 0 N–H and O–H groups in total. The monoisotopic (exact) mass is 160 g/mol. The minimum absolute atomic E-state index is 0.344. The molecule has 0 amide bonds. The van der Waals surface area contributed by atoms with Crippen LogP contribution in [0.15, 0.2) is 36.1 Å². The molecular formula is C10H8O2. The summed E-state index contributed by atoms with van der Waals surface area (Å²) in [4.78, 5) is 11.1. The van der Waals surface area contributed by atoms with Crippen LogP contribution >= 0.6 is 0 Å². The number of allylic oxidation sites excluding steroid dienone is 2. The van der Waals surface area contributed by atoms with E-state index < -0.39 is 0 Å². The van der Waals surface area contributed by atoms with Crippen molar-refractivity contribution in [1.82, 2.24) is 0 Å². The van der Waals surface area contributed by atoms with Gasteiger partial charge in [-0.25, -0.2) is 4.79 Å². The highest BCUT2D eigenvalue weighted by molar-refractivity contribution is 6.01. The molecule has 2 heteroatoms. The molecule has 1 aromatic carbocycles. The predicted octanol–water partition coefficient (Wildman–Crippen LogP) is 0.937. The summed E-state index contributed by atoms with van der Waals surface area (Å²) in [6, 6.07) is 8.60. The summed E-state index contributed by atoms with van der Waals surface area (Å²) in [6.45, 7) is 1.31. The minimum Gasteiger partial charge on any atom is -0.853 e. The van der Waals surface area contributed by atoms with Crippen molar-refractivity contribution in [1.29, 1.82) is 0 Å². The van der Waals surface area contributed by atoms with Gasteiger partial charge in [-0.2, -0.15) is 0 Å². The molecule has 2 nitrogen and oxygen atoms in total. The Hall–Kier alpha value is -1.66. The lowest BCUT2D eigenvalue weighted by molar-refractivity contribution is -0.302. The highest BCUT2D eigenvalue weighted by Crippen LogP contribution is 2.00. The zero-order chi connectivity index (χ0) is 8.97. The van der Waals surface area contributed by atoms with Crippen molar-refractivity contribution in [3.05, 3.63) is 47.7 Å². The van der Waals surface area contributed by atoms with Gasteiger partial charge < -0.3 is 5.11 Å². The van der Waals surface area contributed by atoms with Gasteiger partial charge in [0.05, 0.1) is 0 Å². The zero-order valence-corrected chi connectivity index (χ0v) is 6.70. The molecular weight excluding hydrogens is 152 g/mol. The van der Waals surface area contributed by atoms with Crippen molar-refractivity contribution >= 4 is 5.78 Å². The quantitative estimate of drug-likeness (QED) is 0.279. The van der Waals surface area contributed by atoms with E-state index in [0.29, 0.717) is 5.56 Å². The smallest absolute Gasteiger partial charge is 0.401 e. The molecule has 0 bridgehead atoms. The van der Waals surface area contributed by atoms with Gasteiger partial charge in [0.2, 0.25) is 0 Å². The lowest BCUT2D eigenvalue weighted by atomic mass is 10.1. The summed E-state index contributed by atoms with van der Waals surface area (Å²) >= 11 is 0. The summed E-state index contributed by atoms with van der Waals surface area (Å²) in [5.74, 6) is -0.702. The molecule has 0 fully saturated rings. The highest BCUT2D eigenvalue weighted by Gasteiger charge is 2.12. The van der Waals surface area contributed by atoms with Crippen LogP contribution in [0.1, 0.15) is 17.3 Å². The summed E-state index contributed by atoms with van der Waals surface area (Å²) < 4.78 is 0. The third-order valence-corrected chi connectivity index (χ3v) is 1.33. The molecule has 0 unspecified atom stereocenters. The van der Waals surface area contributed by atoms with Crippen molar-refractivity contribution in [2.24, 2.45) is 0 Å². The Kier molecular flexibility index (Phi) is 2.57. The van der Waals surface area contributed by atoms with Gasteiger partial charge in [0, 0.05) is 17.9 Å². The number of rotatable bonds is 2. The Balaban J connectivity index is 2.87. The lowest BCUT2D eigenvalue weighted by Crippen LogP contribution is -2.04. The molecule has 1 aromatic rings. The first-order valence-corrected chi connectivity index (χ1v) is 3.57. The average Bonchev–Trinajstić information content (AvgIpc) is 2.05. The normalized spacial score (nSPS) is 10.6. The van der Waals surface area contributed by atoms with Crippen LogP contribution in [0.5, 0.6) is 0 Å². The van der Waals surface area contributed by atoms with E-state index in [-0.39, 0.29) is 11.5 Å². The van der Waals surface area contributed by atoms with E-state index >= 15 is 0 Å². The fraction of sp³-hybridized carbons (Fsp3) is 0.100. The number of ketones is 1. The summed E-state index contributed by atoms with van der Waals surface area (Å²) in [5.41, 5.74) is 0.493. The number of hydrogen-bond acceptors (Lipinski definition) is 2. The first kappa shape index (κ1) is 8.44. The molecule has 60 valence electrons. The maximum atomic E-state index is 11.1. The van der Waals surface area contributed by atoms with Crippen molar-refractivity contribution < 1.29 is 9.90 Å². The van der Waals surface area contributed by atoms with Crippen molar-refractivity contribution in [2.75, 3.05) is 0 Å². The zero-order valence-electron chi connectivity index (χ0n) is 6.70. The van der Waals surface area contributed by atoms with Gasteiger partial charge in [-0.3, -0.25) is 0 Å². The molecule has 0 saturated heterocycles. The van der Waals surface area contributed by atoms with E-state index in [1.165, 1.54) is 6.92 Å². The second kappa shape index (κ2) is 3.65. The molecule has 0 heterocycles. The van der Waals surface area contributed by atoms with Gasteiger partial charge in [-0.05, 0) is 19.1 Å². The Morgan fingerprint density at radius 3 is 2.42 bits per heavy atom. The highest BCUT2D eigenvalue weighted by atomic mass is 16.3. The number of carbonyl (C=O) groups is 1. The van der Waals surface area contributed by atoms with E-state index in [9.17, 15) is 9.90 Å². The average molecular weight is 160 g/mol. The van der Waals surface area contributed by atoms with Crippen molar-refractivity contribution in [3.63, 3.8) is 0 Å². The molecule has 0 aliphatic rings. The van der Waals surface area contributed by atoms with Crippen molar-refractivity contribution in [2.45, 2.75) is 6.92 Å². The summed E-state index contributed by atoms with van der Waals surface area (Å²) in [7, 11) is 0. The molecule has 0 spiro atoms. The number of Topliss-reactive ketones (excluding diaryl/α,β-unsaturated/α-hetero) is 1. The van der Waals surface area contributed by atoms with Gasteiger partial charge >= 0.3 is 5.78 Å². The van der Waals surface area contributed by atoms with E-state index in [1.807, 2.05) is 6.07 Å². The van der Waals surface area contributed by atoms with Gasteiger partial charge in [-0.15, -0.1) is 0 Å². The lowest BCUT2D eigenvalue weighted by Gasteiger charge is -1.90. The fourth-order valence-electron chi connectivity index (χ4n) is 0.822. The van der Waals surface area contributed by atoms with Crippen LogP contribution in [0.4, 0.5) is 0 Å². The number of carbonyl (C=O) groups excluding carboxylic acids is 1. The van der Waals surface area contributed by atoms with E-state index in [2.05, 4.69) is 6.08 Å². The van der Waals surface area contributed by atoms with Gasteiger partial charge in [-0.1, -0.05) is 6.07 Å². The number of hydrogen-bond donors (Lipinski definition) is 0. The molecule has 0 saturated carbocycles. The van der Waals surface area contributed by atoms with E-state index in [4.69, 9.17) is 0 Å². The van der Waals surface area contributed by atoms with Crippen LogP contribution in [0.2, 0.25) is 0 Å². The molecule has 0 aromatic heterocycles. The van der Waals surface area contributed by atoms with Crippen LogP contribution in [0.3, 0.4) is 0 Å². The van der Waals surface area contributed by atoms with Crippen LogP contribution < -0.4 is 5.11 Å². The Morgan fingerprint density at radius 2 is 1.92 bits per heavy atom. The van der Waals surface area contributed by atoms with E-state index in [0.717, 1.165) is 0 Å². The maximum Gasteiger partial charge on any atom is 0.401 e. The topological polar surface area (TPSA) is 40.1 Å². The van der Waals surface area contributed by atoms with Crippen LogP contribution in [-0.4, -0.2) is 5.78 Å². The van der Waals surface area contributed by atoms with Crippen LogP contribution in [-0.2, 0) is 0 Å². The first-order chi connectivity index (χ1) is 5.70. The summed E-state index contributed by atoms with van der Waals surface area (Å²) in [6.07, 6.45) is 2.18. The second-order valence-corrected chi connectivity index (χ2v) is 2.38. The Bertz CT molecular complexity index is 295. The third kappa shape index (κ3) is 2.19. The molecule has 12 heavy (non-hydrogen) atoms. The molecule has 1 rings (SSSR count). The van der Waals surface area contributed by atoms with Crippen LogP contribution in [0.25, 0.3) is 0 Å². The summed E-state index contributed by atoms with van der Waals surface area (Å²) in [5, 5.41) is 10.5. The Morgan fingerprint density at radius 1 is 1.33 bits per heavy atom. The number of benzene rings is 1. The molecule has 0 radical (unpaired) electrons. The molecule has 0 aliphatic heterocycles. The SMILES string of the molecule is CC([O-])=[C+]C(=O)c1ccccc1. The first-order valence-electron chi connectivity index (χ1n) is 3.57. The Labute approximate surface area is 71.2 Å². The van der Waals surface area contributed by atoms with Crippen LogP contribution in [0, 0.1) is 6.08 Å². The maximum absolute atomic E-state index is 11.1. The second-order valence-electron chi connectivity index (χ2n) is 2.38. The third-order valence-electron chi connectivity index (χ3n) is 1.33. The largest absolute Gasteiger partial charge is 0.853 e. The van der Waals surface area contributed by atoms with Gasteiger partial charge in [0.25, 0.3) is 0 Å². The molecule has 0 atom stereocenters. The van der Waals surface area contributed by atoms with Gasteiger partial charge in [0.1, 0.15) is 6.08 Å². The van der Waals surface area contributed by atoms with E-state index in [1.54, 1.807) is 24.3 Å². The standard InChI is InChI=1S/C10H8O2/c1-8(11)7-10(12)9-5-3-2-4-6-9/h2-6H,1H3. The minimum atomic E-state index is -0.358. The predicted molar refractivity (Wildman–Crippen MR) is 43.2 cm³/mol. The molecule has 0 aliphatic carbocycles. The fourth-order valence-corrected chi connectivity index (χ4v) is 0.822. The van der Waals surface area contributed by atoms with Gasteiger partial charge in [0.15, 0.2) is 5.56 Å².